The van der Waals surface area contributed by atoms with Gasteiger partial charge in [-0.15, -0.1) is 0 Å². The summed E-state index contributed by atoms with van der Waals surface area (Å²) in [5, 5.41) is 5.41. The molecule has 1 unspecified atom stereocenters. The quantitative estimate of drug-likeness (QED) is 0.711. The van der Waals surface area contributed by atoms with Crippen LogP contribution in [0.5, 0.6) is 5.75 Å². The number of furan rings is 1. The predicted octanol–water partition coefficient (Wildman–Crippen LogP) is 1.65. The number of carbonyl (C=O) groups is 2. The minimum Gasteiger partial charge on any atom is -0.491 e. The summed E-state index contributed by atoms with van der Waals surface area (Å²) in [6.45, 7) is 3.11. The van der Waals surface area contributed by atoms with Crippen LogP contribution in [0, 0.1) is 0 Å². The lowest BCUT2D eigenvalue weighted by atomic mass is 10.1. The van der Waals surface area contributed by atoms with Gasteiger partial charge in [0.05, 0.1) is 18.4 Å². The Morgan fingerprint density at radius 1 is 1.19 bits per heavy atom. The van der Waals surface area contributed by atoms with E-state index in [-0.39, 0.29) is 18.4 Å². The number of hydrogen-bond acceptors (Lipinski definition) is 5. The second-order valence-electron chi connectivity index (χ2n) is 6.14. The smallest absolute Gasteiger partial charge is 0.255 e. The zero-order valence-electron chi connectivity index (χ0n) is 15.3. The van der Waals surface area contributed by atoms with Gasteiger partial charge in [0.2, 0.25) is 5.91 Å². The Labute approximate surface area is 153 Å². The van der Waals surface area contributed by atoms with Crippen LogP contribution in [0.15, 0.2) is 47.1 Å². The highest BCUT2D eigenvalue weighted by Gasteiger charge is 2.19. The van der Waals surface area contributed by atoms with Gasteiger partial charge in [0.25, 0.3) is 5.91 Å². The van der Waals surface area contributed by atoms with Crippen LogP contribution in [0.4, 0.5) is 0 Å². The summed E-state index contributed by atoms with van der Waals surface area (Å²) >= 11 is 0. The first-order chi connectivity index (χ1) is 12.5. The van der Waals surface area contributed by atoms with E-state index >= 15 is 0 Å². The van der Waals surface area contributed by atoms with E-state index in [9.17, 15) is 9.59 Å². The number of rotatable bonds is 9. The predicted molar refractivity (Wildman–Crippen MR) is 98.0 cm³/mol. The molecular weight excluding hydrogens is 334 g/mol. The van der Waals surface area contributed by atoms with Crippen LogP contribution < -0.4 is 15.4 Å². The number of amides is 2. The van der Waals surface area contributed by atoms with Gasteiger partial charge in [-0.1, -0.05) is 12.1 Å². The standard InChI is InChI=1S/C19H25N3O4/c1-14(18(23)20-13-15-7-6-11-25-15)21-19(24)16-8-4-5-9-17(16)26-12-10-22(2)3/h4-9,11,14H,10,12-13H2,1-3H3,(H,20,23)(H,21,24). The summed E-state index contributed by atoms with van der Waals surface area (Å²) < 4.78 is 10.9. The molecule has 0 radical (unpaired) electrons. The molecule has 0 aliphatic rings. The van der Waals surface area contributed by atoms with E-state index < -0.39 is 6.04 Å². The Morgan fingerprint density at radius 2 is 1.96 bits per heavy atom. The highest BCUT2D eigenvalue weighted by Crippen LogP contribution is 2.18. The zero-order valence-corrected chi connectivity index (χ0v) is 15.3. The SMILES string of the molecule is CC(NC(=O)c1ccccc1OCCN(C)C)C(=O)NCc1ccco1. The summed E-state index contributed by atoms with van der Waals surface area (Å²) in [5.74, 6) is 0.499. The van der Waals surface area contributed by atoms with Gasteiger partial charge in [0, 0.05) is 6.54 Å². The van der Waals surface area contributed by atoms with E-state index in [0.717, 1.165) is 6.54 Å². The van der Waals surface area contributed by atoms with E-state index in [1.54, 1.807) is 49.6 Å². The fraction of sp³-hybridized carbons (Fsp3) is 0.368. The fourth-order valence-corrected chi connectivity index (χ4v) is 2.20. The van der Waals surface area contributed by atoms with Crippen LogP contribution >= 0.6 is 0 Å². The number of nitrogens with zero attached hydrogens (tertiary/aromatic N) is 1. The van der Waals surface area contributed by atoms with Crippen LogP contribution in [0.25, 0.3) is 0 Å². The zero-order chi connectivity index (χ0) is 18.9. The van der Waals surface area contributed by atoms with Gasteiger partial charge < -0.3 is 24.7 Å². The van der Waals surface area contributed by atoms with Crippen molar-refractivity contribution in [2.45, 2.75) is 19.5 Å². The number of ether oxygens (including phenoxy) is 1. The van der Waals surface area contributed by atoms with Crippen molar-refractivity contribution in [2.75, 3.05) is 27.2 Å². The minimum atomic E-state index is -0.688. The molecule has 7 heteroatoms. The highest BCUT2D eigenvalue weighted by atomic mass is 16.5. The normalized spacial score (nSPS) is 11.8. The molecule has 0 aliphatic carbocycles. The van der Waals surface area contributed by atoms with Crippen LogP contribution in [0.3, 0.4) is 0 Å². The topological polar surface area (TPSA) is 83.8 Å². The van der Waals surface area contributed by atoms with Crippen molar-refractivity contribution in [3.05, 3.63) is 54.0 Å². The fourth-order valence-electron chi connectivity index (χ4n) is 2.20. The number of carbonyl (C=O) groups excluding carboxylic acids is 2. The summed E-state index contributed by atoms with van der Waals surface area (Å²) in [7, 11) is 3.90. The van der Waals surface area contributed by atoms with Crippen molar-refractivity contribution in [1.29, 1.82) is 0 Å². The lowest BCUT2D eigenvalue weighted by Gasteiger charge is -2.16. The van der Waals surface area contributed by atoms with Gasteiger partial charge >= 0.3 is 0 Å². The van der Waals surface area contributed by atoms with Crippen molar-refractivity contribution < 1.29 is 18.7 Å². The molecule has 2 amide bonds. The van der Waals surface area contributed by atoms with Crippen molar-refractivity contribution in [1.82, 2.24) is 15.5 Å². The van der Waals surface area contributed by atoms with Crippen LogP contribution in [0.1, 0.15) is 23.0 Å². The van der Waals surface area contributed by atoms with Gasteiger partial charge in [-0.05, 0) is 45.3 Å². The molecule has 0 fully saturated rings. The number of nitrogens with one attached hydrogen (secondary N) is 2. The van der Waals surface area contributed by atoms with Gasteiger partial charge in [0.15, 0.2) is 0 Å². The molecule has 1 aromatic heterocycles. The van der Waals surface area contributed by atoms with E-state index in [1.807, 2.05) is 19.0 Å². The molecule has 140 valence electrons. The molecular formula is C19H25N3O4. The largest absolute Gasteiger partial charge is 0.491 e. The van der Waals surface area contributed by atoms with E-state index in [2.05, 4.69) is 10.6 Å². The minimum absolute atomic E-state index is 0.274. The first-order valence-corrected chi connectivity index (χ1v) is 8.45. The maximum absolute atomic E-state index is 12.5. The van der Waals surface area contributed by atoms with Crippen LogP contribution in [-0.2, 0) is 11.3 Å². The summed E-state index contributed by atoms with van der Waals surface area (Å²) in [6.07, 6.45) is 1.54. The summed E-state index contributed by atoms with van der Waals surface area (Å²) in [5.41, 5.74) is 0.400. The van der Waals surface area contributed by atoms with E-state index in [4.69, 9.17) is 9.15 Å². The number of para-hydroxylation sites is 1. The maximum atomic E-state index is 12.5. The Morgan fingerprint density at radius 3 is 2.65 bits per heavy atom. The van der Waals surface area contributed by atoms with Gasteiger partial charge in [-0.3, -0.25) is 9.59 Å². The summed E-state index contributed by atoms with van der Waals surface area (Å²) in [4.78, 5) is 26.6. The number of benzene rings is 1. The Bertz CT molecular complexity index is 713. The molecule has 0 saturated heterocycles. The van der Waals surface area contributed by atoms with E-state index in [1.165, 1.54) is 0 Å². The van der Waals surface area contributed by atoms with Crippen LogP contribution in [0.2, 0.25) is 0 Å². The molecule has 1 atom stereocenters. The molecule has 7 nitrogen and oxygen atoms in total. The monoisotopic (exact) mass is 359 g/mol. The third-order valence-corrected chi connectivity index (χ3v) is 3.69. The average Bonchev–Trinajstić information content (AvgIpc) is 3.13. The molecule has 0 saturated carbocycles. The molecule has 2 aromatic rings. The van der Waals surface area contributed by atoms with Gasteiger partial charge in [0.1, 0.15) is 24.2 Å². The first kappa shape index (κ1) is 19.5. The summed E-state index contributed by atoms with van der Waals surface area (Å²) in [6, 6.07) is 9.81. The van der Waals surface area contributed by atoms with Crippen molar-refractivity contribution in [2.24, 2.45) is 0 Å². The second-order valence-corrected chi connectivity index (χ2v) is 6.14. The molecule has 0 spiro atoms. The van der Waals surface area contributed by atoms with Gasteiger partial charge in [-0.25, -0.2) is 0 Å². The van der Waals surface area contributed by atoms with Crippen LogP contribution in [-0.4, -0.2) is 50.0 Å². The molecule has 1 heterocycles. The van der Waals surface area contributed by atoms with Crippen molar-refractivity contribution in [3.63, 3.8) is 0 Å². The molecule has 26 heavy (non-hydrogen) atoms. The van der Waals surface area contributed by atoms with Crippen molar-refractivity contribution >= 4 is 11.8 Å². The molecule has 0 aliphatic heterocycles. The number of likely N-dealkylation sites (N-methyl/N-ethyl adjacent to an activating group) is 1. The average molecular weight is 359 g/mol. The Balaban J connectivity index is 1.90. The molecule has 2 rings (SSSR count). The number of hydrogen-bond donors (Lipinski definition) is 2. The lowest BCUT2D eigenvalue weighted by Crippen LogP contribution is -2.44. The Kier molecular flexibility index (Phi) is 7.23. The Hall–Kier alpha value is -2.80. The molecule has 2 N–H and O–H groups in total. The van der Waals surface area contributed by atoms with Gasteiger partial charge in [-0.2, -0.15) is 0 Å². The maximum Gasteiger partial charge on any atom is 0.255 e. The van der Waals surface area contributed by atoms with E-state index in [0.29, 0.717) is 23.7 Å². The third-order valence-electron chi connectivity index (χ3n) is 3.69. The second kappa shape index (κ2) is 9.62. The molecule has 0 bridgehead atoms. The third kappa shape index (κ3) is 5.93. The lowest BCUT2D eigenvalue weighted by molar-refractivity contribution is -0.122. The van der Waals surface area contributed by atoms with Crippen molar-refractivity contribution in [3.8, 4) is 5.75 Å². The first-order valence-electron chi connectivity index (χ1n) is 8.45. The highest BCUT2D eigenvalue weighted by molar-refractivity contribution is 5.99. The molecule has 1 aromatic carbocycles.